The van der Waals surface area contributed by atoms with E-state index in [0.29, 0.717) is 0 Å². The van der Waals surface area contributed by atoms with Gasteiger partial charge in [-0.2, -0.15) is 0 Å². The van der Waals surface area contributed by atoms with E-state index in [4.69, 9.17) is 11.6 Å². The molecule has 2 nitrogen and oxygen atoms in total. The molecule has 11 heavy (non-hydrogen) atoms. The largest absolute Gasteiger partial charge is 0.314 e. The lowest BCUT2D eigenvalue weighted by Gasteiger charge is -2.02. The highest BCUT2D eigenvalue weighted by Gasteiger charge is 1.99. The first kappa shape index (κ1) is 8.50. The second-order valence-corrected chi connectivity index (χ2v) is 2.82. The fourth-order valence-electron chi connectivity index (χ4n) is 0.885. The summed E-state index contributed by atoms with van der Waals surface area (Å²) >= 11 is 5.87. The summed E-state index contributed by atoms with van der Waals surface area (Å²) in [4.78, 5) is 4.27. The summed E-state index contributed by atoms with van der Waals surface area (Å²) < 4.78 is 0. The average Bonchev–Trinajstić information content (AvgIpc) is 1.98. The average molecular weight is 171 g/mol. The Bertz CT molecular complexity index is 248. The van der Waals surface area contributed by atoms with Crippen molar-refractivity contribution >= 4 is 11.6 Å². The lowest BCUT2D eigenvalue weighted by molar-refractivity contribution is 0.787. The molecule has 0 amide bonds. The van der Waals surface area contributed by atoms with E-state index in [2.05, 4.69) is 10.3 Å². The summed E-state index contributed by atoms with van der Waals surface area (Å²) in [5.41, 5.74) is 1.91. The van der Waals surface area contributed by atoms with E-state index in [1.54, 1.807) is 0 Å². The van der Waals surface area contributed by atoms with Crippen LogP contribution in [0.4, 0.5) is 0 Å². The lowest BCUT2D eigenvalue weighted by atomic mass is 10.3. The Kier molecular flexibility index (Phi) is 2.85. The van der Waals surface area contributed by atoms with Crippen molar-refractivity contribution in [2.75, 3.05) is 7.05 Å². The van der Waals surface area contributed by atoms with Gasteiger partial charge in [0.2, 0.25) is 0 Å². The van der Waals surface area contributed by atoms with Gasteiger partial charge < -0.3 is 5.32 Å². The van der Waals surface area contributed by atoms with E-state index >= 15 is 0 Å². The van der Waals surface area contributed by atoms with Gasteiger partial charge in [-0.3, -0.25) is 4.98 Å². The molecule has 1 N–H and O–H groups in total. The van der Waals surface area contributed by atoms with Crippen LogP contribution >= 0.6 is 11.6 Å². The quantitative estimate of drug-likeness (QED) is 0.732. The van der Waals surface area contributed by atoms with Gasteiger partial charge in [-0.25, -0.2) is 0 Å². The van der Waals surface area contributed by atoms with E-state index in [-0.39, 0.29) is 0 Å². The van der Waals surface area contributed by atoms with Crippen LogP contribution in [0.1, 0.15) is 11.4 Å². The van der Waals surface area contributed by atoms with Gasteiger partial charge in [0.15, 0.2) is 0 Å². The second-order valence-electron chi connectivity index (χ2n) is 2.41. The van der Waals surface area contributed by atoms with Crippen LogP contribution in [0.2, 0.25) is 5.02 Å². The van der Waals surface area contributed by atoms with Crippen molar-refractivity contribution in [1.29, 1.82) is 0 Å². The molecule has 0 radical (unpaired) electrons. The molecule has 60 valence electrons. The van der Waals surface area contributed by atoms with Crippen LogP contribution in [0, 0.1) is 6.92 Å². The molecular formula is C8H11ClN2. The van der Waals surface area contributed by atoms with Crippen LogP contribution in [0.5, 0.6) is 0 Å². The fraction of sp³-hybridized carbons (Fsp3) is 0.375. The molecule has 0 aromatic carbocycles. The summed E-state index contributed by atoms with van der Waals surface area (Å²) in [6.45, 7) is 2.68. The van der Waals surface area contributed by atoms with Gasteiger partial charge in [-0.05, 0) is 26.1 Å². The number of halogens is 1. The topological polar surface area (TPSA) is 24.9 Å². The first-order valence-corrected chi connectivity index (χ1v) is 3.88. The van der Waals surface area contributed by atoms with Gasteiger partial charge in [0.05, 0.1) is 10.7 Å². The van der Waals surface area contributed by atoms with Crippen LogP contribution < -0.4 is 5.32 Å². The zero-order valence-electron chi connectivity index (χ0n) is 6.69. The third kappa shape index (κ3) is 2.17. The molecule has 0 fully saturated rings. The molecule has 0 aliphatic rings. The zero-order valence-corrected chi connectivity index (χ0v) is 7.44. The van der Waals surface area contributed by atoms with Crippen LogP contribution in [-0.2, 0) is 6.54 Å². The zero-order chi connectivity index (χ0) is 8.27. The van der Waals surface area contributed by atoms with Gasteiger partial charge >= 0.3 is 0 Å². The summed E-state index contributed by atoms with van der Waals surface area (Å²) in [6.07, 6.45) is 0. The molecule has 0 aliphatic carbocycles. The van der Waals surface area contributed by atoms with Crippen molar-refractivity contribution in [1.82, 2.24) is 10.3 Å². The number of rotatable bonds is 2. The molecule has 1 heterocycles. The van der Waals surface area contributed by atoms with Crippen molar-refractivity contribution in [3.05, 3.63) is 28.5 Å². The SMILES string of the molecule is CNCc1nc(C)ccc1Cl. The fourth-order valence-corrected chi connectivity index (χ4v) is 1.06. The molecule has 3 heteroatoms. The van der Waals surface area contributed by atoms with E-state index in [1.165, 1.54) is 0 Å². The summed E-state index contributed by atoms with van der Waals surface area (Å²) in [5.74, 6) is 0. The molecule has 0 saturated carbocycles. The predicted octanol–water partition coefficient (Wildman–Crippen LogP) is 1.76. The summed E-state index contributed by atoms with van der Waals surface area (Å²) in [6, 6.07) is 3.78. The van der Waals surface area contributed by atoms with Crippen LogP contribution in [-0.4, -0.2) is 12.0 Å². The maximum absolute atomic E-state index is 5.87. The minimum absolute atomic E-state index is 0.723. The smallest absolute Gasteiger partial charge is 0.0730 e. The number of aryl methyl sites for hydroxylation is 1. The number of pyridine rings is 1. The molecular weight excluding hydrogens is 160 g/mol. The van der Waals surface area contributed by atoms with Crippen molar-refractivity contribution < 1.29 is 0 Å². The molecule has 0 saturated heterocycles. The molecule has 0 spiro atoms. The summed E-state index contributed by atoms with van der Waals surface area (Å²) in [7, 11) is 1.88. The minimum atomic E-state index is 0.723. The number of aromatic nitrogens is 1. The van der Waals surface area contributed by atoms with Crippen LogP contribution in [0.15, 0.2) is 12.1 Å². The van der Waals surface area contributed by atoms with E-state index in [0.717, 1.165) is 23.0 Å². The molecule has 1 rings (SSSR count). The second kappa shape index (κ2) is 3.69. The number of hydrogen-bond donors (Lipinski definition) is 1. The molecule has 1 aromatic heterocycles. The van der Waals surface area contributed by atoms with E-state index < -0.39 is 0 Å². The van der Waals surface area contributed by atoms with Crippen LogP contribution in [0.25, 0.3) is 0 Å². The maximum Gasteiger partial charge on any atom is 0.0730 e. The van der Waals surface area contributed by atoms with Gasteiger partial charge in [-0.15, -0.1) is 0 Å². The monoisotopic (exact) mass is 170 g/mol. The van der Waals surface area contributed by atoms with E-state index in [9.17, 15) is 0 Å². The molecule has 0 unspecified atom stereocenters. The van der Waals surface area contributed by atoms with Gasteiger partial charge in [0.25, 0.3) is 0 Å². The van der Waals surface area contributed by atoms with E-state index in [1.807, 2.05) is 26.1 Å². The Balaban J connectivity index is 2.93. The summed E-state index contributed by atoms with van der Waals surface area (Å²) in [5, 5.41) is 3.73. The first-order chi connectivity index (χ1) is 5.24. The highest BCUT2D eigenvalue weighted by atomic mass is 35.5. The highest BCUT2D eigenvalue weighted by Crippen LogP contribution is 2.13. The third-order valence-corrected chi connectivity index (χ3v) is 1.75. The van der Waals surface area contributed by atoms with Gasteiger partial charge in [-0.1, -0.05) is 11.6 Å². The minimum Gasteiger partial charge on any atom is -0.314 e. The normalized spacial score (nSPS) is 10.1. The molecule has 1 aromatic rings. The molecule has 0 atom stereocenters. The Morgan fingerprint density at radius 2 is 2.27 bits per heavy atom. The lowest BCUT2D eigenvalue weighted by Crippen LogP contribution is -2.07. The first-order valence-electron chi connectivity index (χ1n) is 3.50. The van der Waals surface area contributed by atoms with Crippen molar-refractivity contribution in [3.63, 3.8) is 0 Å². The molecule has 0 bridgehead atoms. The standard InChI is InChI=1S/C8H11ClN2/c1-6-3-4-7(9)8(11-6)5-10-2/h3-4,10H,5H2,1-2H3. The van der Waals surface area contributed by atoms with Crippen molar-refractivity contribution in [2.24, 2.45) is 0 Å². The molecule has 0 aliphatic heterocycles. The Hall–Kier alpha value is -0.600. The van der Waals surface area contributed by atoms with Crippen molar-refractivity contribution in [3.8, 4) is 0 Å². The van der Waals surface area contributed by atoms with Crippen LogP contribution in [0.3, 0.4) is 0 Å². The Labute approximate surface area is 71.6 Å². The number of nitrogens with one attached hydrogen (secondary N) is 1. The number of hydrogen-bond acceptors (Lipinski definition) is 2. The number of nitrogens with zero attached hydrogens (tertiary/aromatic N) is 1. The third-order valence-electron chi connectivity index (χ3n) is 1.40. The van der Waals surface area contributed by atoms with Gasteiger partial charge in [0.1, 0.15) is 0 Å². The Morgan fingerprint density at radius 3 is 2.91 bits per heavy atom. The maximum atomic E-state index is 5.87. The predicted molar refractivity (Wildman–Crippen MR) is 46.7 cm³/mol. The Morgan fingerprint density at radius 1 is 1.55 bits per heavy atom. The highest BCUT2D eigenvalue weighted by molar-refractivity contribution is 6.31. The van der Waals surface area contributed by atoms with Crippen molar-refractivity contribution in [2.45, 2.75) is 13.5 Å². The van der Waals surface area contributed by atoms with Gasteiger partial charge in [0, 0.05) is 12.2 Å².